The van der Waals surface area contributed by atoms with E-state index in [-0.39, 0.29) is 5.96 Å². The van der Waals surface area contributed by atoms with E-state index in [2.05, 4.69) is 10.3 Å². The molecule has 0 spiro atoms. The third-order valence-electron chi connectivity index (χ3n) is 3.66. The first-order chi connectivity index (χ1) is 12.6. The number of ether oxygens (including phenoxy) is 3. The molecule has 0 atom stereocenters. The van der Waals surface area contributed by atoms with Gasteiger partial charge in [-0.2, -0.15) is 0 Å². The average molecular weight is 378 g/mol. The van der Waals surface area contributed by atoms with Crippen LogP contribution in [0.5, 0.6) is 17.2 Å². The van der Waals surface area contributed by atoms with E-state index < -0.39 is 0 Å². The summed E-state index contributed by atoms with van der Waals surface area (Å²) in [5.41, 5.74) is 7.68. The first-order valence-corrected chi connectivity index (χ1v) is 8.65. The molecular weight excluding hydrogens is 354 g/mol. The van der Waals surface area contributed by atoms with Crippen molar-refractivity contribution in [3.8, 4) is 17.2 Å². The summed E-state index contributed by atoms with van der Waals surface area (Å²) in [6.07, 6.45) is 0.660. The normalized spacial score (nSPS) is 11.2. The van der Waals surface area contributed by atoms with E-state index in [0.717, 1.165) is 11.3 Å². The maximum atomic E-state index is 6.07. The fourth-order valence-electron chi connectivity index (χ4n) is 2.43. The zero-order valence-electron chi connectivity index (χ0n) is 15.2. The molecule has 0 fully saturated rings. The van der Waals surface area contributed by atoms with Crippen molar-refractivity contribution in [3.05, 3.63) is 47.0 Å². The molecule has 3 N–H and O–H groups in total. The molecule has 0 aromatic heterocycles. The van der Waals surface area contributed by atoms with Gasteiger partial charge in [-0.3, -0.25) is 4.99 Å². The zero-order chi connectivity index (χ0) is 18.9. The van der Waals surface area contributed by atoms with Gasteiger partial charge in [-0.15, -0.1) is 0 Å². The highest BCUT2D eigenvalue weighted by Crippen LogP contribution is 2.28. The summed E-state index contributed by atoms with van der Waals surface area (Å²) in [5, 5.41) is 3.71. The van der Waals surface area contributed by atoms with Crippen LogP contribution in [0.3, 0.4) is 0 Å². The van der Waals surface area contributed by atoms with Crippen LogP contribution >= 0.6 is 11.6 Å². The SMILES string of the molecule is CCOc1ccc(Cl)cc1CCN=C(N)Nc1cc(OC)ccc1OC. The number of hydrogen-bond donors (Lipinski definition) is 2. The highest BCUT2D eigenvalue weighted by atomic mass is 35.5. The maximum absolute atomic E-state index is 6.07. The molecule has 0 radical (unpaired) electrons. The van der Waals surface area contributed by atoms with Crippen molar-refractivity contribution < 1.29 is 14.2 Å². The number of nitrogens with two attached hydrogens (primary N) is 1. The second-order valence-electron chi connectivity index (χ2n) is 5.39. The largest absolute Gasteiger partial charge is 0.497 e. The molecule has 0 saturated carbocycles. The topological polar surface area (TPSA) is 78.1 Å². The van der Waals surface area contributed by atoms with Gasteiger partial charge in [-0.1, -0.05) is 11.6 Å². The van der Waals surface area contributed by atoms with Crippen molar-refractivity contribution in [1.29, 1.82) is 0 Å². The van der Waals surface area contributed by atoms with E-state index in [1.165, 1.54) is 0 Å². The van der Waals surface area contributed by atoms with Crippen LogP contribution in [0.4, 0.5) is 5.69 Å². The van der Waals surface area contributed by atoms with Crippen LogP contribution in [0.1, 0.15) is 12.5 Å². The number of nitrogens with one attached hydrogen (secondary N) is 1. The number of nitrogens with zero attached hydrogens (tertiary/aromatic N) is 1. The highest BCUT2D eigenvalue weighted by molar-refractivity contribution is 6.30. The minimum Gasteiger partial charge on any atom is -0.497 e. The number of aliphatic imine (C=N–C) groups is 1. The Labute approximate surface area is 158 Å². The van der Waals surface area contributed by atoms with Gasteiger partial charge >= 0.3 is 0 Å². The van der Waals surface area contributed by atoms with Gasteiger partial charge in [0.05, 0.1) is 26.5 Å². The third kappa shape index (κ3) is 5.46. The number of methoxy groups -OCH3 is 2. The molecule has 0 aliphatic rings. The molecule has 0 aliphatic carbocycles. The monoisotopic (exact) mass is 377 g/mol. The molecule has 0 aliphatic heterocycles. The minimum absolute atomic E-state index is 0.288. The lowest BCUT2D eigenvalue weighted by Crippen LogP contribution is -2.23. The molecular formula is C19H24ClN3O3. The lowest BCUT2D eigenvalue weighted by Gasteiger charge is -2.12. The second kappa shape index (κ2) is 9.77. The standard InChI is InChI=1S/C19H24ClN3O3/c1-4-26-17-7-5-14(20)11-13(17)9-10-22-19(21)23-16-12-15(24-2)6-8-18(16)25-3/h5-8,11-12H,4,9-10H2,1-3H3,(H3,21,22,23). The number of guanidine groups is 1. The fraction of sp³-hybridized carbons (Fsp3) is 0.316. The Morgan fingerprint density at radius 2 is 1.88 bits per heavy atom. The molecule has 140 valence electrons. The number of rotatable bonds is 8. The van der Waals surface area contributed by atoms with Crippen LogP contribution < -0.4 is 25.3 Å². The molecule has 6 nitrogen and oxygen atoms in total. The van der Waals surface area contributed by atoms with Crippen LogP contribution in [-0.4, -0.2) is 33.3 Å². The molecule has 0 saturated heterocycles. The van der Waals surface area contributed by atoms with E-state index in [9.17, 15) is 0 Å². The summed E-state index contributed by atoms with van der Waals surface area (Å²) in [6.45, 7) is 3.03. The average Bonchev–Trinajstić information content (AvgIpc) is 2.64. The molecule has 0 unspecified atom stereocenters. The van der Waals surface area contributed by atoms with Crippen LogP contribution in [0.15, 0.2) is 41.4 Å². The van der Waals surface area contributed by atoms with Crippen LogP contribution in [-0.2, 0) is 6.42 Å². The summed E-state index contributed by atoms with van der Waals surface area (Å²) in [4.78, 5) is 4.36. The molecule has 0 amide bonds. The Bertz CT molecular complexity index is 766. The Morgan fingerprint density at radius 3 is 2.58 bits per heavy atom. The molecule has 0 bridgehead atoms. The number of hydrogen-bond acceptors (Lipinski definition) is 4. The van der Waals surface area contributed by atoms with Crippen molar-refractivity contribution in [1.82, 2.24) is 0 Å². The maximum Gasteiger partial charge on any atom is 0.193 e. The fourth-order valence-corrected chi connectivity index (χ4v) is 2.62. The Balaban J connectivity index is 2.04. The van der Waals surface area contributed by atoms with Crippen molar-refractivity contribution in [3.63, 3.8) is 0 Å². The van der Waals surface area contributed by atoms with Crippen molar-refractivity contribution in [2.75, 3.05) is 32.7 Å². The molecule has 2 rings (SSSR count). The van der Waals surface area contributed by atoms with E-state index in [1.54, 1.807) is 26.4 Å². The quantitative estimate of drug-likeness (QED) is 0.541. The number of benzene rings is 2. The Hall–Kier alpha value is -2.60. The van der Waals surface area contributed by atoms with Crippen LogP contribution in [0.2, 0.25) is 5.02 Å². The van der Waals surface area contributed by atoms with E-state index in [4.69, 9.17) is 31.5 Å². The van der Waals surface area contributed by atoms with Crippen molar-refractivity contribution in [2.24, 2.45) is 10.7 Å². The molecule has 2 aromatic carbocycles. The van der Waals surface area contributed by atoms with Crippen molar-refractivity contribution >= 4 is 23.2 Å². The first kappa shape index (κ1) is 19.7. The highest BCUT2D eigenvalue weighted by Gasteiger charge is 2.07. The third-order valence-corrected chi connectivity index (χ3v) is 3.89. The Kier molecular flexibility index (Phi) is 7.41. The van der Waals surface area contributed by atoms with Gasteiger partial charge in [-0.05, 0) is 49.2 Å². The van der Waals surface area contributed by atoms with Gasteiger partial charge in [0.25, 0.3) is 0 Å². The number of halogens is 1. The van der Waals surface area contributed by atoms with Gasteiger partial charge in [0.1, 0.15) is 17.2 Å². The predicted octanol–water partition coefficient (Wildman–Crippen LogP) is 3.73. The van der Waals surface area contributed by atoms with Crippen LogP contribution in [0, 0.1) is 0 Å². The van der Waals surface area contributed by atoms with Gasteiger partial charge in [0.2, 0.25) is 0 Å². The minimum atomic E-state index is 0.288. The zero-order valence-corrected chi connectivity index (χ0v) is 16.0. The summed E-state index contributed by atoms with van der Waals surface area (Å²) in [5.74, 6) is 2.45. The van der Waals surface area contributed by atoms with E-state index in [1.807, 2.05) is 31.2 Å². The van der Waals surface area contributed by atoms with Crippen molar-refractivity contribution in [2.45, 2.75) is 13.3 Å². The lowest BCUT2D eigenvalue weighted by atomic mass is 10.1. The molecule has 2 aromatic rings. The van der Waals surface area contributed by atoms with Gasteiger partial charge in [-0.25, -0.2) is 0 Å². The first-order valence-electron chi connectivity index (χ1n) is 8.27. The molecule has 26 heavy (non-hydrogen) atoms. The predicted molar refractivity (Wildman–Crippen MR) is 106 cm³/mol. The lowest BCUT2D eigenvalue weighted by molar-refractivity contribution is 0.336. The van der Waals surface area contributed by atoms with Gasteiger partial charge in [0, 0.05) is 17.6 Å². The summed E-state index contributed by atoms with van der Waals surface area (Å²) < 4.78 is 16.2. The summed E-state index contributed by atoms with van der Waals surface area (Å²) in [7, 11) is 3.19. The number of anilines is 1. The van der Waals surface area contributed by atoms with Crippen LogP contribution in [0.25, 0.3) is 0 Å². The Morgan fingerprint density at radius 1 is 1.12 bits per heavy atom. The van der Waals surface area contributed by atoms with E-state index in [0.29, 0.717) is 41.8 Å². The second-order valence-corrected chi connectivity index (χ2v) is 5.83. The molecule has 7 heteroatoms. The van der Waals surface area contributed by atoms with Gasteiger partial charge in [0.15, 0.2) is 5.96 Å². The van der Waals surface area contributed by atoms with Gasteiger partial charge < -0.3 is 25.3 Å². The molecule has 0 heterocycles. The van der Waals surface area contributed by atoms with E-state index >= 15 is 0 Å². The summed E-state index contributed by atoms with van der Waals surface area (Å²) >= 11 is 6.07. The smallest absolute Gasteiger partial charge is 0.193 e. The summed E-state index contributed by atoms with van der Waals surface area (Å²) in [6, 6.07) is 11.0.